The fourth-order valence-electron chi connectivity index (χ4n) is 1.99. The summed E-state index contributed by atoms with van der Waals surface area (Å²) in [5.74, 6) is -0.358. The van der Waals surface area contributed by atoms with Gasteiger partial charge in [0.2, 0.25) is 0 Å². The summed E-state index contributed by atoms with van der Waals surface area (Å²) in [5.41, 5.74) is 8.83. The van der Waals surface area contributed by atoms with Crippen LogP contribution in [0.4, 0.5) is 4.39 Å². The normalized spacial score (nSPS) is 11.1. The highest BCUT2D eigenvalue weighted by atomic mass is 35.5. The topological polar surface area (TPSA) is 43.3 Å². The molecule has 3 rings (SSSR count). The van der Waals surface area contributed by atoms with Gasteiger partial charge in [0.05, 0.1) is 10.7 Å². The predicted octanol–water partition coefficient (Wildman–Crippen LogP) is 3.25. The van der Waals surface area contributed by atoms with Gasteiger partial charge in [-0.05, 0) is 29.8 Å². The SMILES string of the molecule is NCc1ccc2nc(-c3ccc(F)cc3Cl)cn2c1. The molecule has 1 aromatic carbocycles. The first-order valence-corrected chi connectivity index (χ1v) is 6.18. The number of rotatable bonds is 2. The molecule has 0 radical (unpaired) electrons. The van der Waals surface area contributed by atoms with Gasteiger partial charge < -0.3 is 10.1 Å². The zero-order chi connectivity index (χ0) is 13.4. The van der Waals surface area contributed by atoms with Crippen LogP contribution in [0.2, 0.25) is 5.02 Å². The number of pyridine rings is 1. The second-order valence-electron chi connectivity index (χ2n) is 4.26. The van der Waals surface area contributed by atoms with Gasteiger partial charge >= 0.3 is 0 Å². The van der Waals surface area contributed by atoms with Gasteiger partial charge in [0.25, 0.3) is 0 Å². The maximum Gasteiger partial charge on any atom is 0.137 e. The third kappa shape index (κ3) is 2.20. The van der Waals surface area contributed by atoms with Crippen molar-refractivity contribution >= 4 is 17.2 Å². The van der Waals surface area contributed by atoms with Crippen LogP contribution in [0.3, 0.4) is 0 Å². The Morgan fingerprint density at radius 2 is 2.05 bits per heavy atom. The van der Waals surface area contributed by atoms with Crippen molar-refractivity contribution in [1.82, 2.24) is 9.38 Å². The van der Waals surface area contributed by atoms with Gasteiger partial charge in [-0.3, -0.25) is 0 Å². The van der Waals surface area contributed by atoms with Crippen molar-refractivity contribution in [2.45, 2.75) is 6.54 Å². The summed E-state index contributed by atoms with van der Waals surface area (Å²) in [7, 11) is 0. The Kier molecular flexibility index (Phi) is 2.97. The number of fused-ring (bicyclic) bond motifs is 1. The van der Waals surface area contributed by atoms with Gasteiger partial charge in [-0.25, -0.2) is 9.37 Å². The first-order valence-electron chi connectivity index (χ1n) is 5.80. The second kappa shape index (κ2) is 4.64. The Morgan fingerprint density at radius 3 is 2.79 bits per heavy atom. The highest BCUT2D eigenvalue weighted by Gasteiger charge is 2.09. The molecule has 0 saturated carbocycles. The van der Waals surface area contributed by atoms with Crippen molar-refractivity contribution in [3.8, 4) is 11.3 Å². The number of hydrogen-bond acceptors (Lipinski definition) is 2. The van der Waals surface area contributed by atoms with Crippen LogP contribution in [-0.4, -0.2) is 9.38 Å². The van der Waals surface area contributed by atoms with E-state index in [1.807, 2.05) is 28.9 Å². The molecular formula is C14H11ClFN3. The number of benzene rings is 1. The van der Waals surface area contributed by atoms with Crippen LogP contribution in [0.1, 0.15) is 5.56 Å². The molecule has 0 saturated heterocycles. The molecule has 0 aliphatic carbocycles. The quantitative estimate of drug-likeness (QED) is 0.780. The largest absolute Gasteiger partial charge is 0.326 e. The van der Waals surface area contributed by atoms with E-state index in [0.717, 1.165) is 11.2 Å². The van der Waals surface area contributed by atoms with Gasteiger partial charge in [-0.15, -0.1) is 0 Å². The van der Waals surface area contributed by atoms with Crippen molar-refractivity contribution < 1.29 is 4.39 Å². The Morgan fingerprint density at radius 1 is 1.21 bits per heavy atom. The molecule has 0 aliphatic heterocycles. The van der Waals surface area contributed by atoms with E-state index in [0.29, 0.717) is 22.8 Å². The molecule has 2 N–H and O–H groups in total. The summed E-state index contributed by atoms with van der Waals surface area (Å²) in [6.45, 7) is 0.473. The van der Waals surface area contributed by atoms with E-state index >= 15 is 0 Å². The number of hydrogen-bond donors (Lipinski definition) is 1. The van der Waals surface area contributed by atoms with Gasteiger partial charge in [0.15, 0.2) is 0 Å². The average Bonchev–Trinajstić information content (AvgIpc) is 2.80. The molecule has 3 nitrogen and oxygen atoms in total. The smallest absolute Gasteiger partial charge is 0.137 e. The lowest BCUT2D eigenvalue weighted by molar-refractivity contribution is 0.628. The molecular weight excluding hydrogens is 265 g/mol. The minimum Gasteiger partial charge on any atom is -0.326 e. The van der Waals surface area contributed by atoms with E-state index in [2.05, 4.69) is 4.98 Å². The van der Waals surface area contributed by atoms with Crippen molar-refractivity contribution in [3.05, 3.63) is 59.1 Å². The molecule has 0 amide bonds. The van der Waals surface area contributed by atoms with Gasteiger partial charge in [-0.1, -0.05) is 17.7 Å². The lowest BCUT2D eigenvalue weighted by atomic mass is 10.2. The van der Waals surface area contributed by atoms with Crippen LogP contribution >= 0.6 is 11.6 Å². The molecule has 0 aliphatic rings. The molecule has 0 bridgehead atoms. The predicted molar refractivity (Wildman–Crippen MR) is 73.5 cm³/mol. The maximum absolute atomic E-state index is 13.0. The van der Waals surface area contributed by atoms with Crippen molar-refractivity contribution in [3.63, 3.8) is 0 Å². The van der Waals surface area contributed by atoms with Crippen LogP contribution in [0, 0.1) is 5.82 Å². The Balaban J connectivity index is 2.14. The summed E-state index contributed by atoms with van der Waals surface area (Å²) in [5, 5.41) is 0.349. The molecule has 5 heteroatoms. The number of nitrogens with two attached hydrogens (primary N) is 1. The van der Waals surface area contributed by atoms with E-state index < -0.39 is 0 Å². The van der Waals surface area contributed by atoms with Gasteiger partial charge in [0.1, 0.15) is 11.5 Å². The number of imidazole rings is 1. The molecule has 0 spiro atoms. The van der Waals surface area contributed by atoms with Gasteiger partial charge in [-0.2, -0.15) is 0 Å². The molecule has 2 heterocycles. The van der Waals surface area contributed by atoms with Crippen LogP contribution in [0.25, 0.3) is 16.9 Å². The third-order valence-corrected chi connectivity index (χ3v) is 3.27. The molecule has 0 fully saturated rings. The number of halogens is 2. The third-order valence-electron chi connectivity index (χ3n) is 2.96. The molecule has 2 aromatic heterocycles. The molecule has 3 aromatic rings. The molecule has 19 heavy (non-hydrogen) atoms. The summed E-state index contributed by atoms with van der Waals surface area (Å²) in [4.78, 5) is 4.46. The summed E-state index contributed by atoms with van der Waals surface area (Å²) >= 11 is 6.04. The van der Waals surface area contributed by atoms with E-state index in [-0.39, 0.29) is 5.82 Å². The van der Waals surface area contributed by atoms with Crippen molar-refractivity contribution in [2.24, 2.45) is 5.73 Å². The van der Waals surface area contributed by atoms with Crippen LogP contribution in [-0.2, 0) is 6.54 Å². The standard InChI is InChI=1S/C14H11ClFN3/c15-12-5-10(16)2-3-11(12)13-8-19-7-9(6-17)1-4-14(19)18-13/h1-5,7-8H,6,17H2. The average molecular weight is 276 g/mol. The molecule has 0 atom stereocenters. The van der Waals surface area contributed by atoms with Crippen LogP contribution in [0.5, 0.6) is 0 Å². The molecule has 96 valence electrons. The minimum absolute atomic E-state index is 0.349. The monoisotopic (exact) mass is 275 g/mol. The van der Waals surface area contributed by atoms with E-state index in [1.54, 1.807) is 6.07 Å². The summed E-state index contributed by atoms with van der Waals surface area (Å²) in [6.07, 6.45) is 3.77. The maximum atomic E-state index is 13.0. The van der Waals surface area contributed by atoms with Gasteiger partial charge in [0, 0.05) is 24.5 Å². The summed E-state index contributed by atoms with van der Waals surface area (Å²) < 4.78 is 14.9. The van der Waals surface area contributed by atoms with E-state index in [9.17, 15) is 4.39 Å². The van der Waals surface area contributed by atoms with Crippen molar-refractivity contribution in [2.75, 3.05) is 0 Å². The molecule has 0 unspecified atom stereocenters. The fraction of sp³-hybridized carbons (Fsp3) is 0.0714. The van der Waals surface area contributed by atoms with E-state index in [1.165, 1.54) is 12.1 Å². The Bertz CT molecular complexity index is 752. The second-order valence-corrected chi connectivity index (χ2v) is 4.66. The lowest BCUT2D eigenvalue weighted by Crippen LogP contribution is -1.97. The number of nitrogens with zero attached hydrogens (tertiary/aromatic N) is 2. The van der Waals surface area contributed by atoms with E-state index in [4.69, 9.17) is 17.3 Å². The highest BCUT2D eigenvalue weighted by molar-refractivity contribution is 6.33. The lowest BCUT2D eigenvalue weighted by Gasteiger charge is -1.99. The fourth-order valence-corrected chi connectivity index (χ4v) is 2.25. The first-order chi connectivity index (χ1) is 9.17. The van der Waals surface area contributed by atoms with Crippen LogP contribution < -0.4 is 5.73 Å². The Hall–Kier alpha value is -1.91. The summed E-state index contributed by atoms with van der Waals surface area (Å²) in [6, 6.07) is 8.10. The highest BCUT2D eigenvalue weighted by Crippen LogP contribution is 2.28. The first kappa shape index (κ1) is 12.1. The van der Waals surface area contributed by atoms with Crippen LogP contribution in [0.15, 0.2) is 42.7 Å². The number of aromatic nitrogens is 2. The Labute approximate surface area is 114 Å². The zero-order valence-corrected chi connectivity index (χ0v) is 10.7. The van der Waals surface area contributed by atoms with Crippen molar-refractivity contribution in [1.29, 1.82) is 0 Å². The minimum atomic E-state index is -0.358. The zero-order valence-electron chi connectivity index (χ0n) is 9.98.